The lowest BCUT2D eigenvalue weighted by Gasteiger charge is -2.03. The molecule has 0 radical (unpaired) electrons. The van der Waals surface area contributed by atoms with Gasteiger partial charge < -0.3 is 5.11 Å². The van der Waals surface area contributed by atoms with E-state index in [0.29, 0.717) is 5.69 Å². The molecule has 5 nitrogen and oxygen atoms in total. The molecule has 1 N–H and O–H groups in total. The maximum Gasteiger partial charge on any atom is 0.358 e. The van der Waals surface area contributed by atoms with Crippen LogP contribution in [-0.2, 0) is 6.54 Å². The average Bonchev–Trinajstić information content (AvgIpc) is 2.65. The molecule has 0 amide bonds. The van der Waals surface area contributed by atoms with Crippen LogP contribution in [0.4, 0.5) is 0 Å². The Morgan fingerprint density at radius 2 is 1.88 bits per heavy atom. The summed E-state index contributed by atoms with van der Waals surface area (Å²) in [6.45, 7) is 4.71. The van der Waals surface area contributed by atoms with Gasteiger partial charge in [0.25, 0.3) is 0 Å². The summed E-state index contributed by atoms with van der Waals surface area (Å²) >= 11 is 0. The van der Waals surface area contributed by atoms with Crippen molar-refractivity contribution in [2.24, 2.45) is 0 Å². The van der Waals surface area contributed by atoms with E-state index in [0.717, 1.165) is 13.0 Å². The molecule has 17 heavy (non-hydrogen) atoms. The molecule has 0 fully saturated rings. The minimum absolute atomic E-state index is 0.0657. The van der Waals surface area contributed by atoms with Crippen molar-refractivity contribution < 1.29 is 9.90 Å². The molecule has 1 rings (SSSR count). The van der Waals surface area contributed by atoms with E-state index in [1.54, 1.807) is 11.6 Å². The van der Waals surface area contributed by atoms with E-state index in [1.807, 2.05) is 0 Å². The van der Waals surface area contributed by atoms with Crippen LogP contribution in [0.15, 0.2) is 0 Å². The van der Waals surface area contributed by atoms with Crippen molar-refractivity contribution in [1.82, 2.24) is 15.0 Å². The monoisotopic (exact) mass is 239 g/mol. The highest BCUT2D eigenvalue weighted by atomic mass is 16.4. The van der Waals surface area contributed by atoms with Crippen molar-refractivity contribution in [3.63, 3.8) is 0 Å². The van der Waals surface area contributed by atoms with Gasteiger partial charge in [-0.15, -0.1) is 5.10 Å². The number of hydrogen-bond acceptors (Lipinski definition) is 3. The Balaban J connectivity index is 2.30. The lowest BCUT2D eigenvalue weighted by molar-refractivity contribution is 0.0689. The van der Waals surface area contributed by atoms with Gasteiger partial charge in [-0.25, -0.2) is 9.48 Å². The molecule has 0 saturated carbocycles. The van der Waals surface area contributed by atoms with Gasteiger partial charge in [-0.2, -0.15) is 0 Å². The van der Waals surface area contributed by atoms with Crippen LogP contribution < -0.4 is 0 Å². The fraction of sp³-hybridized carbons (Fsp3) is 0.750. The summed E-state index contributed by atoms with van der Waals surface area (Å²) in [7, 11) is 0. The Bertz CT molecular complexity index is 361. The smallest absolute Gasteiger partial charge is 0.358 e. The van der Waals surface area contributed by atoms with Gasteiger partial charge in [-0.1, -0.05) is 44.2 Å². The second-order valence-electron chi connectivity index (χ2n) is 4.32. The number of carboxylic acids is 1. The van der Waals surface area contributed by atoms with Crippen molar-refractivity contribution in [3.8, 4) is 0 Å². The van der Waals surface area contributed by atoms with Crippen LogP contribution in [0.25, 0.3) is 0 Å². The number of aryl methyl sites for hydroxylation is 1. The second-order valence-corrected chi connectivity index (χ2v) is 4.32. The Labute approximate surface area is 102 Å². The number of carbonyl (C=O) groups is 1. The van der Waals surface area contributed by atoms with E-state index in [4.69, 9.17) is 5.11 Å². The van der Waals surface area contributed by atoms with Crippen LogP contribution in [0, 0.1) is 6.92 Å². The molecule has 0 aliphatic carbocycles. The highest BCUT2D eigenvalue weighted by Crippen LogP contribution is 2.08. The fourth-order valence-electron chi connectivity index (χ4n) is 1.81. The first-order chi connectivity index (χ1) is 8.16. The second kappa shape index (κ2) is 7.04. The van der Waals surface area contributed by atoms with Crippen molar-refractivity contribution in [2.45, 2.75) is 58.9 Å². The van der Waals surface area contributed by atoms with Crippen LogP contribution in [0.1, 0.15) is 61.6 Å². The zero-order valence-corrected chi connectivity index (χ0v) is 10.6. The SMILES string of the molecule is CCCCCCCCn1nnc(C(=O)O)c1C. The van der Waals surface area contributed by atoms with Gasteiger partial charge in [0.15, 0.2) is 5.69 Å². The van der Waals surface area contributed by atoms with Gasteiger partial charge in [0.05, 0.1) is 5.69 Å². The van der Waals surface area contributed by atoms with E-state index in [1.165, 1.54) is 32.1 Å². The lowest BCUT2D eigenvalue weighted by atomic mass is 10.1. The molecule has 0 aromatic carbocycles. The minimum atomic E-state index is -1.00. The zero-order valence-electron chi connectivity index (χ0n) is 10.6. The molecule has 0 atom stereocenters. The molecule has 96 valence electrons. The average molecular weight is 239 g/mol. The Morgan fingerprint density at radius 1 is 1.24 bits per heavy atom. The number of carboxylic acid groups (broad SMARTS) is 1. The van der Waals surface area contributed by atoms with E-state index >= 15 is 0 Å². The third-order valence-electron chi connectivity index (χ3n) is 2.91. The van der Waals surface area contributed by atoms with Crippen molar-refractivity contribution in [1.29, 1.82) is 0 Å². The van der Waals surface area contributed by atoms with Gasteiger partial charge in [-0.3, -0.25) is 0 Å². The number of nitrogens with zero attached hydrogens (tertiary/aromatic N) is 3. The summed E-state index contributed by atoms with van der Waals surface area (Å²) in [6, 6.07) is 0. The lowest BCUT2D eigenvalue weighted by Crippen LogP contribution is -2.04. The standard InChI is InChI=1S/C12H21N3O2/c1-3-4-5-6-7-8-9-15-10(2)11(12(16)17)13-14-15/h3-9H2,1-2H3,(H,16,17). The van der Waals surface area contributed by atoms with E-state index < -0.39 is 5.97 Å². The fourth-order valence-corrected chi connectivity index (χ4v) is 1.81. The van der Waals surface area contributed by atoms with Crippen LogP contribution >= 0.6 is 0 Å². The van der Waals surface area contributed by atoms with Gasteiger partial charge >= 0.3 is 5.97 Å². The van der Waals surface area contributed by atoms with Crippen LogP contribution in [0.2, 0.25) is 0 Å². The molecule has 1 aromatic heterocycles. The number of hydrogen-bond donors (Lipinski definition) is 1. The third-order valence-corrected chi connectivity index (χ3v) is 2.91. The van der Waals surface area contributed by atoms with Gasteiger partial charge in [0, 0.05) is 6.54 Å². The van der Waals surface area contributed by atoms with Crippen LogP contribution in [-0.4, -0.2) is 26.1 Å². The first kappa shape index (κ1) is 13.7. The molecule has 0 aliphatic rings. The summed E-state index contributed by atoms with van der Waals surface area (Å²) in [5.41, 5.74) is 0.710. The number of rotatable bonds is 8. The predicted molar refractivity (Wildman–Crippen MR) is 65.1 cm³/mol. The number of unbranched alkanes of at least 4 members (excludes halogenated alkanes) is 5. The topological polar surface area (TPSA) is 68.0 Å². The summed E-state index contributed by atoms with van der Waals surface area (Å²) in [4.78, 5) is 10.8. The molecule has 1 heterocycles. The summed E-state index contributed by atoms with van der Waals surface area (Å²) < 4.78 is 1.68. The molecule has 5 heteroatoms. The van der Waals surface area contributed by atoms with Crippen LogP contribution in [0.3, 0.4) is 0 Å². The Kier molecular flexibility index (Phi) is 5.66. The van der Waals surface area contributed by atoms with E-state index in [-0.39, 0.29) is 5.69 Å². The van der Waals surface area contributed by atoms with Crippen molar-refractivity contribution in [3.05, 3.63) is 11.4 Å². The van der Waals surface area contributed by atoms with Gasteiger partial charge in [0.2, 0.25) is 0 Å². The normalized spacial score (nSPS) is 10.7. The first-order valence-electron chi connectivity index (χ1n) is 6.30. The number of aromatic nitrogens is 3. The van der Waals surface area contributed by atoms with E-state index in [2.05, 4.69) is 17.2 Å². The first-order valence-corrected chi connectivity index (χ1v) is 6.30. The number of aromatic carboxylic acids is 1. The summed E-state index contributed by atoms with van der Waals surface area (Å²) in [5.74, 6) is -1.00. The van der Waals surface area contributed by atoms with Crippen molar-refractivity contribution >= 4 is 5.97 Å². The molecular weight excluding hydrogens is 218 g/mol. The Morgan fingerprint density at radius 3 is 2.47 bits per heavy atom. The molecule has 0 aliphatic heterocycles. The molecule has 0 saturated heterocycles. The Hall–Kier alpha value is -1.39. The molecule has 0 spiro atoms. The summed E-state index contributed by atoms with van der Waals surface area (Å²) in [5, 5.41) is 16.3. The highest BCUT2D eigenvalue weighted by Gasteiger charge is 2.14. The largest absolute Gasteiger partial charge is 0.476 e. The van der Waals surface area contributed by atoms with Gasteiger partial charge in [-0.05, 0) is 13.3 Å². The maximum atomic E-state index is 10.8. The van der Waals surface area contributed by atoms with Crippen LogP contribution in [0.5, 0.6) is 0 Å². The molecule has 1 aromatic rings. The third kappa shape index (κ3) is 4.17. The maximum absolute atomic E-state index is 10.8. The molecule has 0 bridgehead atoms. The summed E-state index contributed by atoms with van der Waals surface area (Å²) in [6.07, 6.45) is 7.28. The van der Waals surface area contributed by atoms with Gasteiger partial charge in [0.1, 0.15) is 0 Å². The van der Waals surface area contributed by atoms with E-state index in [9.17, 15) is 4.79 Å². The zero-order chi connectivity index (χ0) is 12.7. The predicted octanol–water partition coefficient (Wildman–Crippen LogP) is 2.65. The van der Waals surface area contributed by atoms with Crippen molar-refractivity contribution in [2.75, 3.05) is 0 Å². The molecule has 0 unspecified atom stereocenters. The minimum Gasteiger partial charge on any atom is -0.476 e. The quantitative estimate of drug-likeness (QED) is 0.708. The highest BCUT2D eigenvalue weighted by molar-refractivity contribution is 5.86. The molecular formula is C12H21N3O2.